The van der Waals surface area contributed by atoms with Crippen LogP contribution < -0.4 is 10.0 Å². The Morgan fingerprint density at radius 3 is 2.68 bits per heavy atom. The SMILES string of the molecule is Cc1c(NCc2ccccn2)cccc1S(=O)(=O)NC1CC1. The molecule has 1 aliphatic rings. The molecule has 1 aromatic carbocycles. The van der Waals surface area contributed by atoms with Crippen LogP contribution in [0.2, 0.25) is 0 Å². The van der Waals surface area contributed by atoms with Gasteiger partial charge in [0.1, 0.15) is 0 Å². The second kappa shape index (κ2) is 6.06. The van der Waals surface area contributed by atoms with E-state index in [1.54, 1.807) is 18.3 Å². The Bertz CT molecular complexity index is 756. The molecule has 1 heterocycles. The van der Waals surface area contributed by atoms with Gasteiger partial charge in [-0.25, -0.2) is 13.1 Å². The number of nitrogens with one attached hydrogen (secondary N) is 2. The minimum absolute atomic E-state index is 0.106. The molecular weight excluding hydrogens is 298 g/mol. The van der Waals surface area contributed by atoms with Gasteiger partial charge in [-0.2, -0.15) is 0 Å². The highest BCUT2D eigenvalue weighted by molar-refractivity contribution is 7.89. The number of benzene rings is 1. The van der Waals surface area contributed by atoms with Gasteiger partial charge < -0.3 is 5.32 Å². The van der Waals surface area contributed by atoms with Crippen molar-refractivity contribution in [3.8, 4) is 0 Å². The molecule has 6 heteroatoms. The predicted octanol–water partition coefficient (Wildman–Crippen LogP) is 2.44. The first kappa shape index (κ1) is 15.0. The van der Waals surface area contributed by atoms with E-state index < -0.39 is 10.0 Å². The molecule has 0 spiro atoms. The average Bonchev–Trinajstić information content (AvgIpc) is 3.30. The molecule has 0 amide bonds. The van der Waals surface area contributed by atoms with E-state index in [0.29, 0.717) is 11.4 Å². The number of sulfonamides is 1. The highest BCUT2D eigenvalue weighted by atomic mass is 32.2. The largest absolute Gasteiger partial charge is 0.379 e. The molecule has 2 aromatic rings. The Morgan fingerprint density at radius 2 is 2.00 bits per heavy atom. The van der Waals surface area contributed by atoms with Gasteiger partial charge in [-0.05, 0) is 49.6 Å². The summed E-state index contributed by atoms with van der Waals surface area (Å²) in [4.78, 5) is 4.59. The summed E-state index contributed by atoms with van der Waals surface area (Å²) in [6, 6.07) is 11.1. The third-order valence-electron chi connectivity index (χ3n) is 3.66. The third kappa shape index (κ3) is 3.45. The number of aromatic nitrogens is 1. The first-order valence-electron chi connectivity index (χ1n) is 7.32. The van der Waals surface area contributed by atoms with E-state index in [1.165, 1.54) is 0 Å². The van der Waals surface area contributed by atoms with Crippen LogP contribution in [0.1, 0.15) is 24.1 Å². The molecule has 5 nitrogen and oxygen atoms in total. The molecule has 1 aromatic heterocycles. The number of hydrogen-bond donors (Lipinski definition) is 2. The van der Waals surface area contributed by atoms with Crippen molar-refractivity contribution in [3.05, 3.63) is 53.9 Å². The van der Waals surface area contributed by atoms with Crippen molar-refractivity contribution in [2.45, 2.75) is 37.2 Å². The Labute approximate surface area is 130 Å². The highest BCUT2D eigenvalue weighted by Crippen LogP contribution is 2.26. The average molecular weight is 317 g/mol. The van der Waals surface area contributed by atoms with E-state index in [9.17, 15) is 8.42 Å². The minimum atomic E-state index is -3.44. The van der Waals surface area contributed by atoms with E-state index in [1.807, 2.05) is 31.2 Å². The number of hydrogen-bond acceptors (Lipinski definition) is 4. The van der Waals surface area contributed by atoms with Crippen LogP contribution >= 0.6 is 0 Å². The lowest BCUT2D eigenvalue weighted by Crippen LogP contribution is -2.26. The van der Waals surface area contributed by atoms with E-state index in [0.717, 1.165) is 29.8 Å². The number of anilines is 1. The molecule has 1 fully saturated rings. The molecule has 0 bridgehead atoms. The molecular formula is C16H19N3O2S. The predicted molar refractivity (Wildman–Crippen MR) is 86.1 cm³/mol. The summed E-state index contributed by atoms with van der Waals surface area (Å²) in [6.07, 6.45) is 3.59. The first-order valence-corrected chi connectivity index (χ1v) is 8.80. The van der Waals surface area contributed by atoms with Crippen LogP contribution in [0.25, 0.3) is 0 Å². The van der Waals surface area contributed by atoms with Crippen LogP contribution in [-0.4, -0.2) is 19.4 Å². The van der Waals surface area contributed by atoms with Gasteiger partial charge in [0.15, 0.2) is 0 Å². The van der Waals surface area contributed by atoms with E-state index in [4.69, 9.17) is 0 Å². The Balaban J connectivity index is 1.79. The molecule has 0 aliphatic heterocycles. The van der Waals surface area contributed by atoms with Gasteiger partial charge >= 0.3 is 0 Å². The first-order chi connectivity index (χ1) is 10.6. The molecule has 0 unspecified atom stereocenters. The standard InChI is InChI=1S/C16H19N3O2S/c1-12-15(18-11-14-5-2-3-10-17-14)6-4-7-16(12)22(20,21)19-13-8-9-13/h2-7,10,13,18-19H,8-9,11H2,1H3. The lowest BCUT2D eigenvalue weighted by Gasteiger charge is -2.14. The summed E-state index contributed by atoms with van der Waals surface area (Å²) >= 11 is 0. The summed E-state index contributed by atoms with van der Waals surface area (Å²) in [5.41, 5.74) is 2.45. The van der Waals surface area contributed by atoms with Crippen molar-refractivity contribution in [3.63, 3.8) is 0 Å². The van der Waals surface area contributed by atoms with Gasteiger partial charge in [-0.1, -0.05) is 12.1 Å². The van der Waals surface area contributed by atoms with E-state index in [2.05, 4.69) is 15.0 Å². The Morgan fingerprint density at radius 1 is 1.18 bits per heavy atom. The molecule has 0 radical (unpaired) electrons. The van der Waals surface area contributed by atoms with Crippen LogP contribution in [0.4, 0.5) is 5.69 Å². The van der Waals surface area contributed by atoms with Gasteiger partial charge in [0, 0.05) is 17.9 Å². The van der Waals surface area contributed by atoms with Crippen molar-refractivity contribution >= 4 is 15.7 Å². The van der Waals surface area contributed by atoms with Gasteiger partial charge in [0.2, 0.25) is 10.0 Å². The fourth-order valence-corrected chi connectivity index (χ4v) is 3.84. The Hall–Kier alpha value is -1.92. The second-order valence-corrected chi connectivity index (χ2v) is 7.18. The van der Waals surface area contributed by atoms with Crippen LogP contribution in [0.5, 0.6) is 0 Å². The van der Waals surface area contributed by atoms with E-state index in [-0.39, 0.29) is 6.04 Å². The molecule has 0 atom stereocenters. The van der Waals surface area contributed by atoms with Gasteiger partial charge in [0.05, 0.1) is 17.1 Å². The lowest BCUT2D eigenvalue weighted by molar-refractivity contribution is 0.580. The van der Waals surface area contributed by atoms with Crippen LogP contribution in [0.3, 0.4) is 0 Å². The zero-order valence-electron chi connectivity index (χ0n) is 12.4. The van der Waals surface area contributed by atoms with Crippen molar-refractivity contribution in [2.24, 2.45) is 0 Å². The molecule has 1 aliphatic carbocycles. The van der Waals surface area contributed by atoms with Gasteiger partial charge in [0.25, 0.3) is 0 Å². The normalized spacial score (nSPS) is 14.8. The molecule has 22 heavy (non-hydrogen) atoms. The summed E-state index contributed by atoms with van der Waals surface area (Å²) < 4.78 is 27.5. The summed E-state index contributed by atoms with van der Waals surface area (Å²) in [5, 5.41) is 3.26. The topological polar surface area (TPSA) is 71.1 Å². The molecule has 116 valence electrons. The highest BCUT2D eigenvalue weighted by Gasteiger charge is 2.29. The van der Waals surface area contributed by atoms with Crippen LogP contribution in [-0.2, 0) is 16.6 Å². The van der Waals surface area contributed by atoms with Crippen LogP contribution in [0, 0.1) is 6.92 Å². The van der Waals surface area contributed by atoms with Gasteiger partial charge in [-0.15, -0.1) is 0 Å². The maximum absolute atomic E-state index is 12.4. The quantitative estimate of drug-likeness (QED) is 0.858. The third-order valence-corrected chi connectivity index (χ3v) is 5.32. The number of rotatable bonds is 6. The van der Waals surface area contributed by atoms with E-state index >= 15 is 0 Å². The summed E-state index contributed by atoms with van der Waals surface area (Å²) in [6.45, 7) is 2.38. The maximum atomic E-state index is 12.4. The summed E-state index contributed by atoms with van der Waals surface area (Å²) in [7, 11) is -3.44. The fourth-order valence-electron chi connectivity index (χ4n) is 2.27. The van der Waals surface area contributed by atoms with Crippen molar-refractivity contribution in [2.75, 3.05) is 5.32 Å². The van der Waals surface area contributed by atoms with Gasteiger partial charge in [-0.3, -0.25) is 4.98 Å². The number of nitrogens with zero attached hydrogens (tertiary/aromatic N) is 1. The minimum Gasteiger partial charge on any atom is -0.379 e. The van der Waals surface area contributed by atoms with Crippen LogP contribution in [0.15, 0.2) is 47.5 Å². The monoisotopic (exact) mass is 317 g/mol. The molecule has 0 saturated heterocycles. The smallest absolute Gasteiger partial charge is 0.241 e. The maximum Gasteiger partial charge on any atom is 0.241 e. The molecule has 3 rings (SSSR count). The zero-order chi connectivity index (χ0) is 15.6. The zero-order valence-corrected chi connectivity index (χ0v) is 13.2. The molecule has 1 saturated carbocycles. The lowest BCUT2D eigenvalue weighted by atomic mass is 10.2. The second-order valence-electron chi connectivity index (χ2n) is 5.50. The van der Waals surface area contributed by atoms with Crippen molar-refractivity contribution < 1.29 is 8.42 Å². The Kier molecular flexibility index (Phi) is 4.13. The molecule has 2 N–H and O–H groups in total. The number of pyridine rings is 1. The van der Waals surface area contributed by atoms with Crippen molar-refractivity contribution in [1.82, 2.24) is 9.71 Å². The van der Waals surface area contributed by atoms with Crippen molar-refractivity contribution in [1.29, 1.82) is 0 Å². The summed E-state index contributed by atoms with van der Waals surface area (Å²) in [5.74, 6) is 0. The fraction of sp³-hybridized carbons (Fsp3) is 0.312.